The molecule has 1 heterocycles. The number of phenolic OH excluding ortho intramolecular Hbond substituents is 1. The zero-order chi connectivity index (χ0) is 22.7. The second kappa shape index (κ2) is 9.16. The van der Waals surface area contributed by atoms with Crippen molar-refractivity contribution in [3.8, 4) is 23.0 Å². The van der Waals surface area contributed by atoms with Gasteiger partial charge in [-0.3, -0.25) is 9.69 Å². The van der Waals surface area contributed by atoms with E-state index in [-0.39, 0.29) is 17.3 Å². The molecule has 0 radical (unpaired) electrons. The third-order valence-corrected chi connectivity index (χ3v) is 5.32. The van der Waals surface area contributed by atoms with Gasteiger partial charge in [-0.2, -0.15) is 0 Å². The average Bonchev–Trinajstić information content (AvgIpc) is 3.09. The van der Waals surface area contributed by atoms with Gasteiger partial charge in [0.1, 0.15) is 11.5 Å². The van der Waals surface area contributed by atoms with Crippen LogP contribution in [0.4, 0.5) is 0 Å². The molecule has 6 heteroatoms. The number of Topliss-reactive ketones (excluding diaryl/α,β-unsaturated/α-hetero) is 1. The number of aromatic hydroxyl groups is 1. The highest BCUT2D eigenvalue weighted by Crippen LogP contribution is 2.40. The van der Waals surface area contributed by atoms with Gasteiger partial charge in [0.15, 0.2) is 17.3 Å². The normalized spacial score (nSPS) is 13.9. The average molecular weight is 431 g/mol. The molecular formula is C26H25NO5. The Bertz CT molecular complexity index is 1170. The first-order valence-corrected chi connectivity index (χ1v) is 10.2. The Balaban J connectivity index is 1.50. The summed E-state index contributed by atoms with van der Waals surface area (Å²) in [5.41, 5.74) is 3.10. The van der Waals surface area contributed by atoms with E-state index in [9.17, 15) is 9.90 Å². The monoisotopic (exact) mass is 431 g/mol. The van der Waals surface area contributed by atoms with E-state index in [0.717, 1.165) is 12.1 Å². The molecule has 0 saturated heterocycles. The van der Waals surface area contributed by atoms with Gasteiger partial charge in [-0.05, 0) is 36.4 Å². The number of nitrogens with zero attached hydrogens (tertiary/aromatic N) is 1. The number of methoxy groups -OCH3 is 2. The quantitative estimate of drug-likeness (QED) is 0.549. The lowest BCUT2D eigenvalue weighted by Crippen LogP contribution is -2.17. The molecule has 0 unspecified atom stereocenters. The molecule has 0 atom stereocenters. The third kappa shape index (κ3) is 4.45. The van der Waals surface area contributed by atoms with Crippen LogP contribution in [0.3, 0.4) is 0 Å². The van der Waals surface area contributed by atoms with Crippen LogP contribution in [-0.2, 0) is 13.1 Å². The summed E-state index contributed by atoms with van der Waals surface area (Å²) in [6.07, 6.45) is 1.62. The van der Waals surface area contributed by atoms with Crippen LogP contribution >= 0.6 is 0 Å². The molecule has 32 heavy (non-hydrogen) atoms. The molecule has 1 aliphatic heterocycles. The van der Waals surface area contributed by atoms with E-state index in [1.807, 2.05) is 37.4 Å². The molecule has 6 nitrogen and oxygen atoms in total. The van der Waals surface area contributed by atoms with Crippen molar-refractivity contribution in [2.24, 2.45) is 0 Å². The van der Waals surface area contributed by atoms with Crippen LogP contribution in [0.15, 0.2) is 66.4 Å². The Morgan fingerprint density at radius 3 is 2.38 bits per heavy atom. The van der Waals surface area contributed by atoms with Gasteiger partial charge < -0.3 is 19.3 Å². The number of carbonyl (C=O) groups excluding carboxylic acids is 1. The third-order valence-electron chi connectivity index (χ3n) is 5.32. The van der Waals surface area contributed by atoms with Crippen LogP contribution in [0.25, 0.3) is 6.08 Å². The smallest absolute Gasteiger partial charge is 0.232 e. The number of rotatable bonds is 7. The van der Waals surface area contributed by atoms with Crippen molar-refractivity contribution >= 4 is 11.9 Å². The minimum absolute atomic E-state index is 0.172. The van der Waals surface area contributed by atoms with Gasteiger partial charge in [0.05, 0.1) is 19.8 Å². The minimum Gasteiger partial charge on any atom is -0.508 e. The molecule has 1 aliphatic rings. The summed E-state index contributed by atoms with van der Waals surface area (Å²) < 4.78 is 16.3. The lowest BCUT2D eigenvalue weighted by Gasteiger charge is -2.17. The van der Waals surface area contributed by atoms with Crippen LogP contribution in [0.5, 0.6) is 23.0 Å². The van der Waals surface area contributed by atoms with E-state index >= 15 is 0 Å². The van der Waals surface area contributed by atoms with Crippen molar-refractivity contribution in [2.45, 2.75) is 13.1 Å². The Morgan fingerprint density at radius 2 is 1.69 bits per heavy atom. The highest BCUT2D eigenvalue weighted by Gasteiger charge is 2.29. The summed E-state index contributed by atoms with van der Waals surface area (Å²) >= 11 is 0. The van der Waals surface area contributed by atoms with Crippen molar-refractivity contribution in [1.29, 1.82) is 0 Å². The molecule has 0 aromatic heterocycles. The van der Waals surface area contributed by atoms with Crippen LogP contribution in [0.2, 0.25) is 0 Å². The second-order valence-electron chi connectivity index (χ2n) is 7.69. The summed E-state index contributed by atoms with van der Waals surface area (Å²) in [7, 11) is 5.05. The maximum Gasteiger partial charge on any atom is 0.232 e. The van der Waals surface area contributed by atoms with Crippen LogP contribution < -0.4 is 14.2 Å². The SMILES string of the molecule is COc1cc2c(cc1OC)C(=O)/C(=C/c1ccc(CN(C)Cc3ccccc3)c(O)c1)O2. The van der Waals surface area contributed by atoms with Gasteiger partial charge in [-0.1, -0.05) is 42.5 Å². The highest BCUT2D eigenvalue weighted by molar-refractivity contribution is 6.14. The van der Waals surface area contributed by atoms with E-state index in [1.165, 1.54) is 19.8 Å². The number of carbonyl (C=O) groups is 1. The van der Waals surface area contributed by atoms with E-state index in [2.05, 4.69) is 17.0 Å². The molecule has 0 spiro atoms. The van der Waals surface area contributed by atoms with E-state index < -0.39 is 0 Å². The second-order valence-corrected chi connectivity index (χ2v) is 7.69. The molecule has 3 aromatic rings. The summed E-state index contributed by atoms with van der Waals surface area (Å²) in [6, 6.07) is 18.8. The van der Waals surface area contributed by atoms with Gasteiger partial charge in [0.2, 0.25) is 5.78 Å². The molecular weight excluding hydrogens is 406 g/mol. The zero-order valence-electron chi connectivity index (χ0n) is 18.3. The fourth-order valence-corrected chi connectivity index (χ4v) is 3.71. The van der Waals surface area contributed by atoms with Crippen molar-refractivity contribution in [1.82, 2.24) is 4.90 Å². The molecule has 0 amide bonds. The summed E-state index contributed by atoms with van der Waals surface area (Å²) in [5.74, 6) is 1.48. The van der Waals surface area contributed by atoms with Gasteiger partial charge >= 0.3 is 0 Å². The molecule has 164 valence electrons. The molecule has 1 N–H and O–H groups in total. The van der Waals surface area contributed by atoms with Gasteiger partial charge in [0.25, 0.3) is 0 Å². The summed E-state index contributed by atoms with van der Waals surface area (Å²) in [6.45, 7) is 1.37. The zero-order valence-corrected chi connectivity index (χ0v) is 18.3. The number of phenols is 1. The predicted molar refractivity (Wildman–Crippen MR) is 122 cm³/mol. The molecule has 0 saturated carbocycles. The Morgan fingerprint density at radius 1 is 0.969 bits per heavy atom. The van der Waals surface area contributed by atoms with Crippen molar-refractivity contribution in [3.05, 3.63) is 88.7 Å². The molecule has 4 rings (SSSR count). The number of ether oxygens (including phenoxy) is 3. The molecule has 3 aromatic carbocycles. The van der Waals surface area contributed by atoms with Gasteiger partial charge in [-0.25, -0.2) is 0 Å². The van der Waals surface area contributed by atoms with E-state index in [0.29, 0.717) is 34.9 Å². The van der Waals surface area contributed by atoms with Crippen LogP contribution in [-0.4, -0.2) is 37.1 Å². The van der Waals surface area contributed by atoms with Crippen molar-refractivity contribution < 1.29 is 24.1 Å². The maximum absolute atomic E-state index is 12.8. The number of allylic oxidation sites excluding steroid dienone is 1. The first kappa shape index (κ1) is 21.5. The largest absolute Gasteiger partial charge is 0.508 e. The molecule has 0 fully saturated rings. The highest BCUT2D eigenvalue weighted by atomic mass is 16.5. The van der Waals surface area contributed by atoms with E-state index in [1.54, 1.807) is 24.3 Å². The Labute approximate surface area is 187 Å². The van der Waals surface area contributed by atoms with Crippen LogP contribution in [0, 0.1) is 0 Å². The first-order chi connectivity index (χ1) is 15.5. The fraction of sp³-hybridized carbons (Fsp3) is 0.192. The topological polar surface area (TPSA) is 68.2 Å². The Kier molecular flexibility index (Phi) is 6.14. The van der Waals surface area contributed by atoms with Crippen LogP contribution in [0.1, 0.15) is 27.0 Å². The standard InChI is InChI=1S/C26H25NO5/c1-27(15-17-7-5-4-6-8-17)16-19-10-9-18(11-21(19)28)12-25-26(29)20-13-23(30-2)24(31-3)14-22(20)32-25/h4-14,28H,15-16H2,1-3H3/b25-12-. The summed E-state index contributed by atoms with van der Waals surface area (Å²) in [5, 5.41) is 10.5. The predicted octanol–water partition coefficient (Wildman–Crippen LogP) is 4.66. The molecule has 0 aliphatic carbocycles. The minimum atomic E-state index is -0.243. The lowest BCUT2D eigenvalue weighted by atomic mass is 10.1. The van der Waals surface area contributed by atoms with Crippen molar-refractivity contribution in [2.75, 3.05) is 21.3 Å². The van der Waals surface area contributed by atoms with Crippen molar-refractivity contribution in [3.63, 3.8) is 0 Å². The first-order valence-electron chi connectivity index (χ1n) is 10.2. The number of ketones is 1. The number of hydrogen-bond acceptors (Lipinski definition) is 6. The van der Waals surface area contributed by atoms with Gasteiger partial charge in [0, 0.05) is 24.7 Å². The lowest BCUT2D eigenvalue weighted by molar-refractivity contribution is 0.101. The fourth-order valence-electron chi connectivity index (χ4n) is 3.71. The van der Waals surface area contributed by atoms with Gasteiger partial charge in [-0.15, -0.1) is 0 Å². The summed E-state index contributed by atoms with van der Waals surface area (Å²) in [4.78, 5) is 14.9. The number of benzene rings is 3. The molecule has 0 bridgehead atoms. The maximum atomic E-state index is 12.8. The number of hydrogen-bond donors (Lipinski definition) is 1. The number of fused-ring (bicyclic) bond motifs is 1. The Hall–Kier alpha value is -3.77. The van der Waals surface area contributed by atoms with E-state index in [4.69, 9.17) is 14.2 Å².